The summed E-state index contributed by atoms with van der Waals surface area (Å²) >= 11 is 1.52. The lowest BCUT2D eigenvalue weighted by Crippen LogP contribution is -2.02. The first-order chi connectivity index (χ1) is 6.27. The van der Waals surface area contributed by atoms with Crippen LogP contribution in [0.15, 0.2) is 23.1 Å². The summed E-state index contributed by atoms with van der Waals surface area (Å²) in [5, 5.41) is 0. The van der Waals surface area contributed by atoms with Crippen LogP contribution in [-0.2, 0) is 6.42 Å². The first-order valence-electron chi connectivity index (χ1n) is 4.39. The monoisotopic (exact) mass is 199 g/mol. The lowest BCUT2D eigenvalue weighted by Gasteiger charge is -2.03. The number of rotatable bonds is 4. The van der Waals surface area contributed by atoms with E-state index >= 15 is 0 Å². The van der Waals surface area contributed by atoms with Crippen LogP contribution in [0.1, 0.15) is 12.5 Å². The van der Waals surface area contributed by atoms with Crippen molar-refractivity contribution in [3.63, 3.8) is 0 Å². The van der Waals surface area contributed by atoms with Gasteiger partial charge in [0.15, 0.2) is 0 Å². The molecule has 0 fully saturated rings. The summed E-state index contributed by atoms with van der Waals surface area (Å²) in [6.45, 7) is 2.58. The highest BCUT2D eigenvalue weighted by molar-refractivity contribution is 7.99. The summed E-state index contributed by atoms with van der Waals surface area (Å²) in [7, 11) is 0. The van der Waals surface area contributed by atoms with Gasteiger partial charge < -0.3 is 5.73 Å². The van der Waals surface area contributed by atoms with E-state index in [1.807, 2.05) is 19.1 Å². The molecule has 1 aromatic carbocycles. The Bertz CT molecular complexity index is 276. The van der Waals surface area contributed by atoms with E-state index in [0.29, 0.717) is 6.54 Å². The van der Waals surface area contributed by atoms with Crippen LogP contribution >= 0.6 is 11.8 Å². The van der Waals surface area contributed by atoms with Gasteiger partial charge in [-0.25, -0.2) is 4.39 Å². The lowest BCUT2D eigenvalue weighted by molar-refractivity contribution is 0.599. The van der Waals surface area contributed by atoms with E-state index in [2.05, 4.69) is 0 Å². The third-order valence-corrected chi connectivity index (χ3v) is 2.66. The fourth-order valence-corrected chi connectivity index (χ4v) is 1.81. The first-order valence-corrected chi connectivity index (χ1v) is 5.37. The van der Waals surface area contributed by atoms with Crippen molar-refractivity contribution in [2.75, 3.05) is 12.3 Å². The van der Waals surface area contributed by atoms with E-state index in [1.165, 1.54) is 11.8 Å². The maximum Gasteiger partial charge on any atom is 0.137 e. The van der Waals surface area contributed by atoms with Crippen molar-refractivity contribution in [1.82, 2.24) is 0 Å². The molecular formula is C10H14FNS. The number of nitrogens with two attached hydrogens (primary N) is 1. The topological polar surface area (TPSA) is 26.0 Å². The summed E-state index contributed by atoms with van der Waals surface area (Å²) in [6, 6.07) is 5.34. The van der Waals surface area contributed by atoms with Gasteiger partial charge in [-0.1, -0.05) is 13.0 Å². The number of thioether (sulfide) groups is 1. The molecule has 1 nitrogen and oxygen atoms in total. The molecule has 0 unspecified atom stereocenters. The molecule has 1 aromatic rings. The summed E-state index contributed by atoms with van der Waals surface area (Å²) < 4.78 is 13.3. The van der Waals surface area contributed by atoms with Crippen molar-refractivity contribution in [3.05, 3.63) is 29.6 Å². The molecule has 0 radical (unpaired) electrons. The van der Waals surface area contributed by atoms with Gasteiger partial charge in [-0.15, -0.1) is 11.8 Å². The molecule has 0 aliphatic rings. The highest BCUT2D eigenvalue weighted by Gasteiger charge is 2.02. The van der Waals surface area contributed by atoms with Gasteiger partial charge >= 0.3 is 0 Å². The minimum atomic E-state index is -0.127. The van der Waals surface area contributed by atoms with Crippen LogP contribution in [-0.4, -0.2) is 12.3 Å². The van der Waals surface area contributed by atoms with Crippen LogP contribution in [0.3, 0.4) is 0 Å². The van der Waals surface area contributed by atoms with Crippen LogP contribution in [0.2, 0.25) is 0 Å². The van der Waals surface area contributed by atoms with Gasteiger partial charge in [0.05, 0.1) is 0 Å². The summed E-state index contributed by atoms with van der Waals surface area (Å²) in [5.74, 6) is 0.769. The van der Waals surface area contributed by atoms with Gasteiger partial charge in [-0.2, -0.15) is 0 Å². The Hall–Kier alpha value is -0.540. The number of halogens is 1. The Balaban J connectivity index is 2.79. The summed E-state index contributed by atoms with van der Waals surface area (Å²) in [4.78, 5) is 0.725. The van der Waals surface area contributed by atoms with Gasteiger partial charge in [0, 0.05) is 4.90 Å². The van der Waals surface area contributed by atoms with Crippen LogP contribution in [0.25, 0.3) is 0 Å². The predicted octanol–water partition coefficient (Wildman–Crippen LogP) is 2.44. The second-order valence-corrected chi connectivity index (χ2v) is 4.04. The van der Waals surface area contributed by atoms with Gasteiger partial charge in [0.25, 0.3) is 0 Å². The average Bonchev–Trinajstić information content (AvgIpc) is 2.10. The van der Waals surface area contributed by atoms with E-state index in [1.54, 1.807) is 6.07 Å². The Kier molecular flexibility index (Phi) is 4.25. The highest BCUT2D eigenvalue weighted by Crippen LogP contribution is 2.22. The third kappa shape index (κ3) is 3.01. The fraction of sp³-hybridized carbons (Fsp3) is 0.400. The SMILES string of the molecule is CCSc1ccc(CCN)cc1F. The molecule has 13 heavy (non-hydrogen) atoms. The van der Waals surface area contributed by atoms with Crippen LogP contribution in [0.5, 0.6) is 0 Å². The largest absolute Gasteiger partial charge is 0.330 e. The number of hydrogen-bond donors (Lipinski definition) is 1. The maximum atomic E-state index is 13.3. The minimum absolute atomic E-state index is 0.127. The zero-order valence-electron chi connectivity index (χ0n) is 7.72. The van der Waals surface area contributed by atoms with Crippen LogP contribution in [0, 0.1) is 5.82 Å². The maximum absolute atomic E-state index is 13.3. The summed E-state index contributed by atoms with van der Waals surface area (Å²) in [5.41, 5.74) is 6.35. The molecule has 1 rings (SSSR count). The lowest BCUT2D eigenvalue weighted by atomic mass is 10.1. The number of benzene rings is 1. The van der Waals surface area contributed by atoms with Crippen LogP contribution < -0.4 is 5.73 Å². The molecule has 0 aromatic heterocycles. The van der Waals surface area contributed by atoms with E-state index < -0.39 is 0 Å². The average molecular weight is 199 g/mol. The van der Waals surface area contributed by atoms with Crippen molar-refractivity contribution >= 4 is 11.8 Å². The third-order valence-electron chi connectivity index (χ3n) is 1.73. The molecule has 0 heterocycles. The molecule has 3 heteroatoms. The Morgan fingerprint density at radius 2 is 2.23 bits per heavy atom. The van der Waals surface area contributed by atoms with Gasteiger partial charge in [-0.05, 0) is 36.4 Å². The molecule has 0 spiro atoms. The zero-order chi connectivity index (χ0) is 9.68. The molecule has 0 atom stereocenters. The smallest absolute Gasteiger partial charge is 0.137 e. The molecule has 0 amide bonds. The standard InChI is InChI=1S/C10H14FNS/c1-2-13-10-4-3-8(5-6-12)7-9(10)11/h3-4,7H,2,5-6,12H2,1H3. The normalized spacial score (nSPS) is 10.4. The number of hydrogen-bond acceptors (Lipinski definition) is 2. The predicted molar refractivity (Wildman–Crippen MR) is 55.6 cm³/mol. The molecular weight excluding hydrogens is 185 g/mol. The summed E-state index contributed by atoms with van der Waals surface area (Å²) in [6.07, 6.45) is 0.744. The fourth-order valence-electron chi connectivity index (χ4n) is 1.14. The quantitative estimate of drug-likeness (QED) is 0.754. The van der Waals surface area contributed by atoms with Crippen molar-refractivity contribution in [2.45, 2.75) is 18.2 Å². The van der Waals surface area contributed by atoms with E-state index in [0.717, 1.165) is 22.6 Å². The molecule has 2 N–H and O–H groups in total. The molecule has 72 valence electrons. The van der Waals surface area contributed by atoms with E-state index in [-0.39, 0.29) is 5.82 Å². The van der Waals surface area contributed by atoms with Crippen molar-refractivity contribution in [1.29, 1.82) is 0 Å². The molecule has 0 saturated heterocycles. The van der Waals surface area contributed by atoms with Crippen LogP contribution in [0.4, 0.5) is 4.39 Å². The Morgan fingerprint density at radius 1 is 1.46 bits per heavy atom. The highest BCUT2D eigenvalue weighted by atomic mass is 32.2. The van der Waals surface area contributed by atoms with Crippen molar-refractivity contribution in [2.24, 2.45) is 5.73 Å². The van der Waals surface area contributed by atoms with Crippen molar-refractivity contribution < 1.29 is 4.39 Å². The molecule has 0 aliphatic heterocycles. The van der Waals surface area contributed by atoms with Gasteiger partial charge in [-0.3, -0.25) is 0 Å². The molecule has 0 aliphatic carbocycles. The van der Waals surface area contributed by atoms with E-state index in [9.17, 15) is 4.39 Å². The molecule has 0 bridgehead atoms. The second kappa shape index (κ2) is 5.25. The zero-order valence-corrected chi connectivity index (χ0v) is 8.53. The van der Waals surface area contributed by atoms with E-state index in [4.69, 9.17) is 5.73 Å². The molecule has 0 saturated carbocycles. The first kappa shape index (κ1) is 10.5. The second-order valence-electron chi connectivity index (χ2n) is 2.74. The van der Waals surface area contributed by atoms with Crippen molar-refractivity contribution in [3.8, 4) is 0 Å². The Morgan fingerprint density at radius 3 is 2.77 bits per heavy atom. The van der Waals surface area contributed by atoms with Gasteiger partial charge in [0.1, 0.15) is 5.82 Å². The van der Waals surface area contributed by atoms with Gasteiger partial charge in [0.2, 0.25) is 0 Å². The minimum Gasteiger partial charge on any atom is -0.330 e. The Labute approximate surface area is 82.5 Å².